The van der Waals surface area contributed by atoms with Crippen molar-refractivity contribution >= 4 is 17.7 Å². The molecule has 2 aromatic rings. The number of benzene rings is 2. The number of rotatable bonds is 17. The van der Waals surface area contributed by atoms with Gasteiger partial charge in [0.15, 0.2) is 5.78 Å². The molecule has 0 heterocycles. The largest absolute Gasteiger partial charge is 0.392 e. The molecule has 41 heavy (non-hydrogen) atoms. The van der Waals surface area contributed by atoms with Crippen LogP contribution in [0, 0.1) is 0 Å². The van der Waals surface area contributed by atoms with Crippen molar-refractivity contribution < 1.29 is 19.1 Å². The Hall–Kier alpha value is -4.31. The summed E-state index contributed by atoms with van der Waals surface area (Å²) >= 11 is 0. The normalized spacial score (nSPS) is 12.9. The zero-order valence-corrected chi connectivity index (χ0v) is 24.3. The van der Waals surface area contributed by atoms with Crippen molar-refractivity contribution in [2.75, 3.05) is 0 Å². The molecule has 2 aromatic carbocycles. The fraction of sp³-hybridized carbons (Fsp3) is 0.270. The standard InChI is InChI=1S/C37H42O4/c1-3-4-5-6-7-8-9-10-11-12-13-14-15-16-17-18-19-23-29-35(38)41-37(40)31(2)33-27-24-28-34(30-33)36(39)32-25-21-20-22-26-32/h4-5,7-8,10-11,13-14,16-17,19-28,30-31H,3,6,9,12,15,18,29H2,1-2H3/b5-4-,8-7-,11-10-,14-13-,17-16-,23-19-. The monoisotopic (exact) mass is 550 g/mol. The van der Waals surface area contributed by atoms with E-state index in [2.05, 4.69) is 61.6 Å². The molecule has 0 aliphatic heterocycles. The van der Waals surface area contributed by atoms with Crippen LogP contribution in [-0.2, 0) is 14.3 Å². The molecule has 4 heteroatoms. The highest BCUT2D eigenvalue weighted by atomic mass is 16.6. The molecule has 0 N–H and O–H groups in total. The van der Waals surface area contributed by atoms with Gasteiger partial charge in [0.05, 0.1) is 12.3 Å². The summed E-state index contributed by atoms with van der Waals surface area (Å²) in [5.41, 5.74) is 1.68. The van der Waals surface area contributed by atoms with Gasteiger partial charge in [-0.25, -0.2) is 0 Å². The Labute approximate surface area is 245 Å². The van der Waals surface area contributed by atoms with Gasteiger partial charge in [0.2, 0.25) is 0 Å². The van der Waals surface area contributed by atoms with Gasteiger partial charge in [-0.3, -0.25) is 14.4 Å². The van der Waals surface area contributed by atoms with Gasteiger partial charge in [-0.05, 0) is 57.1 Å². The maximum Gasteiger partial charge on any atom is 0.320 e. The van der Waals surface area contributed by atoms with E-state index in [1.807, 2.05) is 18.2 Å². The number of ether oxygens (including phenoxy) is 1. The molecule has 0 radical (unpaired) electrons. The van der Waals surface area contributed by atoms with Gasteiger partial charge < -0.3 is 4.74 Å². The van der Waals surface area contributed by atoms with Gasteiger partial charge in [-0.2, -0.15) is 0 Å². The molecule has 4 nitrogen and oxygen atoms in total. The van der Waals surface area contributed by atoms with Crippen LogP contribution in [0.4, 0.5) is 0 Å². The first-order valence-electron chi connectivity index (χ1n) is 14.4. The summed E-state index contributed by atoms with van der Waals surface area (Å²) in [4.78, 5) is 37.4. The highest BCUT2D eigenvalue weighted by molar-refractivity contribution is 6.09. The SMILES string of the molecule is CC/C=C\C/C=C\C/C=C\C/C=C\C/C=C\C/C=C\CC(=O)OC(=O)C(C)c1cccc(C(=O)c2ccccc2)c1. The number of ketones is 1. The molecule has 2 rings (SSSR count). The molecular weight excluding hydrogens is 508 g/mol. The van der Waals surface area contributed by atoms with E-state index in [0.29, 0.717) is 23.1 Å². The van der Waals surface area contributed by atoms with Crippen molar-refractivity contribution in [3.8, 4) is 0 Å². The first kappa shape index (κ1) is 32.9. The van der Waals surface area contributed by atoms with E-state index in [0.717, 1.165) is 32.1 Å². The minimum Gasteiger partial charge on any atom is -0.392 e. The Morgan fingerprint density at radius 3 is 1.66 bits per heavy atom. The predicted molar refractivity (Wildman–Crippen MR) is 169 cm³/mol. The van der Waals surface area contributed by atoms with Crippen molar-refractivity contribution in [3.05, 3.63) is 144 Å². The third kappa shape index (κ3) is 14.1. The lowest BCUT2D eigenvalue weighted by atomic mass is 9.96. The molecule has 0 aliphatic rings. The molecule has 214 valence electrons. The quantitative estimate of drug-likeness (QED) is 0.0852. The van der Waals surface area contributed by atoms with Gasteiger partial charge in [0.25, 0.3) is 0 Å². The summed E-state index contributed by atoms with van der Waals surface area (Å²) in [6.45, 7) is 3.80. The van der Waals surface area contributed by atoms with E-state index in [1.165, 1.54) is 0 Å². The van der Waals surface area contributed by atoms with Crippen LogP contribution in [-0.4, -0.2) is 17.7 Å². The fourth-order valence-electron chi connectivity index (χ4n) is 3.79. The van der Waals surface area contributed by atoms with Crippen molar-refractivity contribution in [2.24, 2.45) is 0 Å². The Kier molecular flexibility index (Phi) is 16.5. The zero-order chi connectivity index (χ0) is 29.5. The molecule has 1 unspecified atom stereocenters. The number of hydrogen-bond acceptors (Lipinski definition) is 4. The second kappa shape index (κ2) is 20.6. The van der Waals surface area contributed by atoms with E-state index in [-0.39, 0.29) is 12.2 Å². The second-order valence-corrected chi connectivity index (χ2v) is 9.45. The van der Waals surface area contributed by atoms with E-state index >= 15 is 0 Å². The summed E-state index contributed by atoms with van der Waals surface area (Å²) in [6, 6.07) is 15.8. The van der Waals surface area contributed by atoms with Gasteiger partial charge in [-0.1, -0.05) is 128 Å². The smallest absolute Gasteiger partial charge is 0.320 e. The summed E-state index contributed by atoms with van der Waals surface area (Å²) in [5.74, 6) is -2.03. The highest BCUT2D eigenvalue weighted by Gasteiger charge is 2.21. The molecule has 0 aliphatic carbocycles. The van der Waals surface area contributed by atoms with Crippen molar-refractivity contribution in [2.45, 2.75) is 64.7 Å². The molecule has 0 spiro atoms. The minimum atomic E-state index is -0.673. The van der Waals surface area contributed by atoms with E-state index in [1.54, 1.807) is 61.5 Å². The van der Waals surface area contributed by atoms with Gasteiger partial charge >= 0.3 is 11.9 Å². The topological polar surface area (TPSA) is 60.4 Å². The van der Waals surface area contributed by atoms with Crippen LogP contribution >= 0.6 is 0 Å². The van der Waals surface area contributed by atoms with Crippen LogP contribution in [0.5, 0.6) is 0 Å². The average Bonchev–Trinajstić information content (AvgIpc) is 3.00. The lowest BCUT2D eigenvalue weighted by molar-refractivity contribution is -0.159. The Bertz CT molecular complexity index is 1260. The van der Waals surface area contributed by atoms with Crippen LogP contribution in [0.25, 0.3) is 0 Å². The Balaban J connectivity index is 1.64. The molecule has 0 fully saturated rings. The third-order valence-corrected chi connectivity index (χ3v) is 6.13. The number of carbonyl (C=O) groups excluding carboxylic acids is 3. The van der Waals surface area contributed by atoms with Crippen LogP contribution in [0.15, 0.2) is 128 Å². The van der Waals surface area contributed by atoms with Crippen LogP contribution in [0.1, 0.15) is 86.2 Å². The molecule has 0 saturated heterocycles. The Morgan fingerprint density at radius 2 is 1.12 bits per heavy atom. The van der Waals surface area contributed by atoms with Crippen molar-refractivity contribution in [1.29, 1.82) is 0 Å². The second-order valence-electron chi connectivity index (χ2n) is 9.45. The van der Waals surface area contributed by atoms with Crippen LogP contribution in [0.2, 0.25) is 0 Å². The molecule has 0 saturated carbocycles. The third-order valence-electron chi connectivity index (χ3n) is 6.13. The Morgan fingerprint density at radius 1 is 0.634 bits per heavy atom. The lowest BCUT2D eigenvalue weighted by Gasteiger charge is -2.11. The summed E-state index contributed by atoms with van der Waals surface area (Å²) in [6.07, 6.45) is 30.6. The van der Waals surface area contributed by atoms with E-state index in [4.69, 9.17) is 4.74 Å². The predicted octanol–water partition coefficient (Wildman–Crippen LogP) is 9.18. The average molecular weight is 551 g/mol. The minimum absolute atomic E-state index is 0.0235. The molecule has 0 amide bonds. The molecule has 0 bridgehead atoms. The van der Waals surface area contributed by atoms with Crippen molar-refractivity contribution in [3.63, 3.8) is 0 Å². The first-order chi connectivity index (χ1) is 20.0. The van der Waals surface area contributed by atoms with Gasteiger partial charge in [0, 0.05) is 11.1 Å². The number of hydrogen-bond donors (Lipinski definition) is 0. The van der Waals surface area contributed by atoms with Crippen LogP contribution in [0.3, 0.4) is 0 Å². The maximum absolute atomic E-state index is 12.7. The molecular formula is C37H42O4. The van der Waals surface area contributed by atoms with Gasteiger partial charge in [-0.15, -0.1) is 0 Å². The summed E-state index contributed by atoms with van der Waals surface area (Å²) < 4.78 is 5.03. The molecule has 0 aromatic heterocycles. The molecule has 1 atom stereocenters. The fourth-order valence-corrected chi connectivity index (χ4v) is 3.79. The van der Waals surface area contributed by atoms with Gasteiger partial charge in [0.1, 0.15) is 0 Å². The highest BCUT2D eigenvalue weighted by Crippen LogP contribution is 2.20. The zero-order valence-electron chi connectivity index (χ0n) is 24.3. The lowest BCUT2D eigenvalue weighted by Crippen LogP contribution is -2.18. The number of carbonyl (C=O) groups is 3. The first-order valence-corrected chi connectivity index (χ1v) is 14.4. The van der Waals surface area contributed by atoms with Crippen LogP contribution < -0.4 is 0 Å². The van der Waals surface area contributed by atoms with E-state index in [9.17, 15) is 14.4 Å². The number of esters is 2. The maximum atomic E-state index is 12.7. The summed E-state index contributed by atoms with van der Waals surface area (Å²) in [7, 11) is 0. The summed E-state index contributed by atoms with van der Waals surface area (Å²) in [5, 5.41) is 0. The number of allylic oxidation sites excluding steroid dienone is 11. The van der Waals surface area contributed by atoms with Crippen molar-refractivity contribution in [1.82, 2.24) is 0 Å². The van der Waals surface area contributed by atoms with E-state index < -0.39 is 17.9 Å².